The second-order valence-corrected chi connectivity index (χ2v) is 3.63. The van der Waals surface area contributed by atoms with Gasteiger partial charge in [-0.05, 0) is 17.5 Å². The maximum Gasteiger partial charge on any atom is 0.234 e. The van der Waals surface area contributed by atoms with Crippen LogP contribution in [0.25, 0.3) is 10.8 Å². The zero-order chi connectivity index (χ0) is 10.6. The molecule has 2 aromatic rings. The Morgan fingerprint density at radius 1 is 0.933 bits per heavy atom. The number of Topliss-reactive ketones (excluding diaryl/α,β-unsaturated/α-hetero) is 2. The van der Waals surface area contributed by atoms with Gasteiger partial charge in [-0.2, -0.15) is 0 Å². The van der Waals surface area contributed by atoms with Crippen molar-refractivity contribution in [3.05, 3.63) is 41.5 Å². The molecular weight excluding hydrogens is 190 g/mol. The molecule has 1 aliphatic rings. The highest BCUT2D eigenvalue weighted by molar-refractivity contribution is 6.57. The van der Waals surface area contributed by atoms with Crippen molar-refractivity contribution in [3.63, 3.8) is 0 Å². The highest BCUT2D eigenvalue weighted by Gasteiger charge is 2.30. The van der Waals surface area contributed by atoms with E-state index in [-0.39, 0.29) is 0 Å². The summed E-state index contributed by atoms with van der Waals surface area (Å²) in [5.41, 5.74) is 7.11. The summed E-state index contributed by atoms with van der Waals surface area (Å²) in [4.78, 5) is 23.2. The van der Waals surface area contributed by atoms with Crippen molar-refractivity contribution in [1.29, 1.82) is 0 Å². The van der Waals surface area contributed by atoms with E-state index < -0.39 is 11.6 Å². The van der Waals surface area contributed by atoms with Crippen LogP contribution < -0.4 is 5.73 Å². The molecule has 2 N–H and O–H groups in total. The Hall–Kier alpha value is -2.16. The van der Waals surface area contributed by atoms with E-state index in [4.69, 9.17) is 5.73 Å². The monoisotopic (exact) mass is 197 g/mol. The van der Waals surface area contributed by atoms with Crippen LogP contribution in [-0.2, 0) is 0 Å². The van der Waals surface area contributed by atoms with E-state index in [2.05, 4.69) is 0 Å². The molecule has 72 valence electrons. The lowest BCUT2D eigenvalue weighted by Gasteiger charge is -2.00. The SMILES string of the molecule is Nc1cc2c3c(cccc3c1)C(=O)C2=O. The molecule has 3 rings (SSSR count). The van der Waals surface area contributed by atoms with E-state index in [9.17, 15) is 9.59 Å². The van der Waals surface area contributed by atoms with Crippen LogP contribution in [0, 0.1) is 0 Å². The first kappa shape index (κ1) is 8.17. The summed E-state index contributed by atoms with van der Waals surface area (Å²) < 4.78 is 0. The molecular formula is C12H7NO2. The predicted molar refractivity (Wildman–Crippen MR) is 57.0 cm³/mol. The summed E-state index contributed by atoms with van der Waals surface area (Å²) in [6, 6.07) is 8.63. The van der Waals surface area contributed by atoms with Gasteiger partial charge in [-0.25, -0.2) is 0 Å². The van der Waals surface area contributed by atoms with Gasteiger partial charge in [0.05, 0.1) is 0 Å². The number of hydrogen-bond donors (Lipinski definition) is 1. The number of nitrogen functional groups attached to an aromatic ring is 1. The minimum absolute atomic E-state index is 0.429. The normalized spacial score (nSPS) is 13.9. The van der Waals surface area contributed by atoms with Gasteiger partial charge in [0.1, 0.15) is 0 Å². The molecule has 0 fully saturated rings. The van der Waals surface area contributed by atoms with Gasteiger partial charge < -0.3 is 5.73 Å². The Morgan fingerprint density at radius 2 is 1.67 bits per heavy atom. The van der Waals surface area contributed by atoms with E-state index in [1.54, 1.807) is 24.3 Å². The molecule has 3 nitrogen and oxygen atoms in total. The van der Waals surface area contributed by atoms with Crippen LogP contribution in [0.4, 0.5) is 5.69 Å². The van der Waals surface area contributed by atoms with Gasteiger partial charge in [0, 0.05) is 22.2 Å². The fraction of sp³-hybridized carbons (Fsp3) is 0. The van der Waals surface area contributed by atoms with Gasteiger partial charge in [0.25, 0.3) is 0 Å². The second-order valence-electron chi connectivity index (χ2n) is 3.63. The predicted octanol–water partition coefficient (Wildman–Crippen LogP) is 1.80. The molecule has 0 amide bonds. The highest BCUT2D eigenvalue weighted by Crippen LogP contribution is 2.32. The van der Waals surface area contributed by atoms with Crippen LogP contribution in [-0.4, -0.2) is 11.6 Å². The highest BCUT2D eigenvalue weighted by atomic mass is 16.2. The zero-order valence-corrected chi connectivity index (χ0v) is 7.78. The quantitative estimate of drug-likeness (QED) is 0.517. The fourth-order valence-electron chi connectivity index (χ4n) is 2.06. The Kier molecular flexibility index (Phi) is 1.33. The van der Waals surface area contributed by atoms with E-state index in [1.807, 2.05) is 6.07 Å². The minimum Gasteiger partial charge on any atom is -0.399 e. The van der Waals surface area contributed by atoms with Crippen molar-refractivity contribution in [3.8, 4) is 0 Å². The van der Waals surface area contributed by atoms with Crippen molar-refractivity contribution >= 4 is 28.0 Å². The third-order valence-corrected chi connectivity index (χ3v) is 2.69. The molecule has 0 aromatic heterocycles. The third kappa shape index (κ3) is 0.892. The molecule has 0 heterocycles. The van der Waals surface area contributed by atoms with Crippen LogP contribution in [0.15, 0.2) is 30.3 Å². The van der Waals surface area contributed by atoms with Crippen LogP contribution >= 0.6 is 0 Å². The van der Waals surface area contributed by atoms with Crippen LogP contribution in [0.2, 0.25) is 0 Å². The molecule has 0 saturated heterocycles. The number of hydrogen-bond acceptors (Lipinski definition) is 3. The fourth-order valence-corrected chi connectivity index (χ4v) is 2.06. The summed E-state index contributed by atoms with van der Waals surface area (Å²) in [7, 11) is 0. The molecule has 2 aromatic carbocycles. The lowest BCUT2D eigenvalue weighted by atomic mass is 10.0. The summed E-state index contributed by atoms with van der Waals surface area (Å²) in [5.74, 6) is -0.880. The maximum atomic E-state index is 11.6. The Balaban J connectivity index is 2.59. The smallest absolute Gasteiger partial charge is 0.234 e. The first-order chi connectivity index (χ1) is 7.18. The molecule has 1 aliphatic carbocycles. The summed E-state index contributed by atoms with van der Waals surface area (Å²) in [6.07, 6.45) is 0. The van der Waals surface area contributed by atoms with Gasteiger partial charge >= 0.3 is 0 Å². The lowest BCUT2D eigenvalue weighted by molar-refractivity contribution is 0.0825. The standard InChI is InChI=1S/C12H7NO2/c13-7-4-6-2-1-3-8-10(6)9(5-7)12(15)11(8)14/h1-5H,13H2. The van der Waals surface area contributed by atoms with Gasteiger partial charge in [0.2, 0.25) is 11.6 Å². The second kappa shape index (κ2) is 2.45. The molecule has 15 heavy (non-hydrogen) atoms. The largest absolute Gasteiger partial charge is 0.399 e. The lowest BCUT2D eigenvalue weighted by Crippen LogP contribution is -2.06. The number of nitrogens with two attached hydrogens (primary N) is 1. The number of benzene rings is 2. The van der Waals surface area contributed by atoms with E-state index in [0.717, 1.165) is 10.8 Å². The molecule has 0 saturated carbocycles. The van der Waals surface area contributed by atoms with Crippen LogP contribution in [0.1, 0.15) is 20.7 Å². The van der Waals surface area contributed by atoms with Crippen LogP contribution in [0.3, 0.4) is 0 Å². The topological polar surface area (TPSA) is 60.2 Å². The average Bonchev–Trinajstić information content (AvgIpc) is 2.46. The first-order valence-corrected chi connectivity index (χ1v) is 4.60. The molecule has 0 bridgehead atoms. The van der Waals surface area contributed by atoms with Crippen LogP contribution in [0.5, 0.6) is 0 Å². The number of carbonyl (C=O) groups is 2. The van der Waals surface area contributed by atoms with Gasteiger partial charge in [0.15, 0.2) is 0 Å². The first-order valence-electron chi connectivity index (χ1n) is 4.60. The average molecular weight is 197 g/mol. The molecule has 3 heteroatoms. The molecule has 0 aliphatic heterocycles. The number of rotatable bonds is 0. The van der Waals surface area contributed by atoms with Crippen molar-refractivity contribution < 1.29 is 9.59 Å². The summed E-state index contributed by atoms with van der Waals surface area (Å²) in [6.45, 7) is 0. The summed E-state index contributed by atoms with van der Waals surface area (Å²) >= 11 is 0. The van der Waals surface area contributed by atoms with E-state index in [0.29, 0.717) is 16.8 Å². The number of ketones is 2. The molecule has 0 spiro atoms. The summed E-state index contributed by atoms with van der Waals surface area (Å²) in [5, 5.41) is 1.59. The van der Waals surface area contributed by atoms with Gasteiger partial charge in [-0.1, -0.05) is 18.2 Å². The Bertz CT molecular complexity index is 629. The molecule has 0 atom stereocenters. The Morgan fingerprint density at radius 3 is 2.47 bits per heavy atom. The van der Waals surface area contributed by atoms with Crippen molar-refractivity contribution in [2.24, 2.45) is 0 Å². The van der Waals surface area contributed by atoms with Crippen molar-refractivity contribution in [2.45, 2.75) is 0 Å². The number of carbonyl (C=O) groups excluding carboxylic acids is 2. The van der Waals surface area contributed by atoms with Crippen molar-refractivity contribution in [2.75, 3.05) is 5.73 Å². The van der Waals surface area contributed by atoms with Crippen molar-refractivity contribution in [1.82, 2.24) is 0 Å². The Labute approximate surface area is 85.5 Å². The van der Waals surface area contributed by atoms with E-state index in [1.165, 1.54) is 0 Å². The maximum absolute atomic E-state index is 11.6. The third-order valence-electron chi connectivity index (χ3n) is 2.69. The van der Waals surface area contributed by atoms with Gasteiger partial charge in [-0.15, -0.1) is 0 Å². The zero-order valence-electron chi connectivity index (χ0n) is 7.78. The van der Waals surface area contributed by atoms with E-state index >= 15 is 0 Å². The minimum atomic E-state index is -0.450. The van der Waals surface area contributed by atoms with Gasteiger partial charge in [-0.3, -0.25) is 9.59 Å². The number of anilines is 1. The molecule has 0 radical (unpaired) electrons. The molecule has 0 unspecified atom stereocenters.